The van der Waals surface area contributed by atoms with E-state index in [1.54, 1.807) is 13.0 Å². The normalized spacial score (nSPS) is 14.3. The standard InChI is InChI=1S/C21H26FN3O2/c1-4-16(22)8-7-13-25-15(2)18-12-11-17(23)14-19(18)24-20(25)9-5-6-10-21(26)27-3/h4,7-8,11-12,14H,2,5-6,9-10,13,23H2,1,3H3/b8-7-,16-4+. The van der Waals surface area contributed by atoms with Crippen molar-refractivity contribution >= 4 is 28.9 Å². The quantitative estimate of drug-likeness (QED) is 0.310. The lowest BCUT2D eigenvalue weighted by Crippen LogP contribution is -2.31. The molecule has 6 heteroatoms. The van der Waals surface area contributed by atoms with E-state index in [0.717, 1.165) is 29.2 Å². The number of anilines is 1. The first-order valence-electron chi connectivity index (χ1n) is 8.95. The van der Waals surface area contributed by atoms with Crippen molar-refractivity contribution < 1.29 is 13.9 Å². The van der Waals surface area contributed by atoms with Crippen molar-refractivity contribution in [2.75, 3.05) is 19.4 Å². The van der Waals surface area contributed by atoms with E-state index in [-0.39, 0.29) is 11.8 Å². The third-order valence-corrected chi connectivity index (χ3v) is 4.32. The van der Waals surface area contributed by atoms with Crippen LogP contribution in [0.1, 0.15) is 38.2 Å². The van der Waals surface area contributed by atoms with Crippen LogP contribution >= 0.6 is 0 Å². The van der Waals surface area contributed by atoms with Gasteiger partial charge in [0.25, 0.3) is 0 Å². The first-order chi connectivity index (χ1) is 13.0. The minimum absolute atomic E-state index is 0.218. The number of benzene rings is 1. The third-order valence-electron chi connectivity index (χ3n) is 4.32. The number of halogens is 1. The Morgan fingerprint density at radius 1 is 1.41 bits per heavy atom. The Morgan fingerprint density at radius 2 is 2.19 bits per heavy atom. The van der Waals surface area contributed by atoms with E-state index < -0.39 is 0 Å². The highest BCUT2D eigenvalue weighted by atomic mass is 19.1. The van der Waals surface area contributed by atoms with E-state index >= 15 is 0 Å². The van der Waals surface area contributed by atoms with Crippen LogP contribution < -0.4 is 5.73 Å². The average molecular weight is 371 g/mol. The molecule has 0 aromatic heterocycles. The van der Waals surface area contributed by atoms with Crippen LogP contribution in [0.25, 0.3) is 5.70 Å². The number of ether oxygens (including phenoxy) is 1. The molecule has 144 valence electrons. The van der Waals surface area contributed by atoms with Gasteiger partial charge in [0, 0.05) is 36.3 Å². The van der Waals surface area contributed by atoms with E-state index in [0.29, 0.717) is 31.5 Å². The number of esters is 1. The molecule has 0 spiro atoms. The van der Waals surface area contributed by atoms with Crippen molar-refractivity contribution in [3.8, 4) is 0 Å². The maximum absolute atomic E-state index is 13.4. The third kappa shape index (κ3) is 5.54. The van der Waals surface area contributed by atoms with Gasteiger partial charge in [0.1, 0.15) is 11.7 Å². The van der Waals surface area contributed by atoms with Gasteiger partial charge >= 0.3 is 5.97 Å². The number of fused-ring (bicyclic) bond motifs is 1. The average Bonchev–Trinajstić information content (AvgIpc) is 2.66. The molecule has 5 nitrogen and oxygen atoms in total. The zero-order chi connectivity index (χ0) is 19.8. The van der Waals surface area contributed by atoms with E-state index in [2.05, 4.69) is 11.3 Å². The molecular weight excluding hydrogens is 345 g/mol. The van der Waals surface area contributed by atoms with Crippen molar-refractivity contribution in [2.45, 2.75) is 32.6 Å². The Hall–Kier alpha value is -2.89. The maximum atomic E-state index is 13.4. The predicted molar refractivity (Wildman–Crippen MR) is 108 cm³/mol. The fourth-order valence-corrected chi connectivity index (χ4v) is 2.81. The SMILES string of the molecule is C=C1c2ccc(N)cc2N=C(CCCCC(=O)OC)N1C/C=C\C(F)=C/C. The number of allylic oxidation sites excluding steroid dienone is 3. The number of nitrogens with two attached hydrogens (primary N) is 1. The largest absolute Gasteiger partial charge is 0.469 e. The van der Waals surface area contributed by atoms with E-state index in [1.165, 1.54) is 19.3 Å². The molecule has 0 radical (unpaired) electrons. The number of rotatable bonds is 8. The number of hydrogen-bond donors (Lipinski definition) is 1. The first kappa shape index (κ1) is 20.4. The maximum Gasteiger partial charge on any atom is 0.305 e. The molecule has 1 aromatic rings. The van der Waals surface area contributed by atoms with Gasteiger partial charge < -0.3 is 15.4 Å². The molecule has 0 bridgehead atoms. The monoisotopic (exact) mass is 371 g/mol. The number of unbranched alkanes of at least 4 members (excludes halogenated alkanes) is 1. The molecule has 0 saturated carbocycles. The molecule has 1 heterocycles. The summed E-state index contributed by atoms with van der Waals surface area (Å²) in [6.45, 7) is 6.30. The molecule has 2 rings (SSSR count). The van der Waals surface area contributed by atoms with Crippen LogP contribution in [0.3, 0.4) is 0 Å². The lowest BCUT2D eigenvalue weighted by atomic mass is 10.0. The van der Waals surface area contributed by atoms with Crippen LogP contribution in [-0.4, -0.2) is 30.4 Å². The van der Waals surface area contributed by atoms with Gasteiger partial charge in [-0.3, -0.25) is 4.79 Å². The number of carbonyl (C=O) groups excluding carboxylic acids is 1. The molecule has 27 heavy (non-hydrogen) atoms. The fraction of sp³-hybridized carbons (Fsp3) is 0.333. The van der Waals surface area contributed by atoms with Crippen LogP contribution in [0.2, 0.25) is 0 Å². The van der Waals surface area contributed by atoms with Crippen LogP contribution in [0.4, 0.5) is 15.8 Å². The molecule has 0 atom stereocenters. The van der Waals surface area contributed by atoms with E-state index in [9.17, 15) is 9.18 Å². The highest BCUT2D eigenvalue weighted by Gasteiger charge is 2.22. The number of nitrogens with zero attached hydrogens (tertiary/aromatic N) is 2. The summed E-state index contributed by atoms with van der Waals surface area (Å²) in [5.41, 5.74) is 9.01. The summed E-state index contributed by atoms with van der Waals surface area (Å²) in [6.07, 6.45) is 7.11. The molecule has 0 unspecified atom stereocenters. The fourth-order valence-electron chi connectivity index (χ4n) is 2.81. The summed E-state index contributed by atoms with van der Waals surface area (Å²) >= 11 is 0. The summed E-state index contributed by atoms with van der Waals surface area (Å²) in [7, 11) is 1.39. The minimum Gasteiger partial charge on any atom is -0.469 e. The molecule has 0 fully saturated rings. The summed E-state index contributed by atoms with van der Waals surface area (Å²) in [5, 5.41) is 0. The number of carbonyl (C=O) groups is 1. The molecule has 1 aliphatic rings. The Labute approximate surface area is 159 Å². The van der Waals surface area contributed by atoms with Gasteiger partial charge in [0.05, 0.1) is 12.8 Å². The number of nitrogen functional groups attached to an aromatic ring is 1. The summed E-state index contributed by atoms with van der Waals surface area (Å²) in [5.74, 6) is 0.320. The second kappa shape index (κ2) is 9.71. The van der Waals surface area contributed by atoms with Crippen LogP contribution in [0.5, 0.6) is 0 Å². The molecule has 0 saturated heterocycles. The zero-order valence-corrected chi connectivity index (χ0v) is 15.9. The van der Waals surface area contributed by atoms with Gasteiger partial charge in [-0.25, -0.2) is 9.38 Å². The van der Waals surface area contributed by atoms with E-state index in [4.69, 9.17) is 10.7 Å². The summed E-state index contributed by atoms with van der Waals surface area (Å²) in [4.78, 5) is 18.0. The van der Waals surface area contributed by atoms with Crippen LogP contribution in [-0.2, 0) is 9.53 Å². The highest BCUT2D eigenvalue weighted by molar-refractivity contribution is 5.98. The van der Waals surface area contributed by atoms with Gasteiger partial charge in [0.15, 0.2) is 0 Å². The van der Waals surface area contributed by atoms with Crippen LogP contribution in [0, 0.1) is 0 Å². The number of amidine groups is 1. The molecule has 1 aliphatic heterocycles. The number of methoxy groups -OCH3 is 1. The Morgan fingerprint density at radius 3 is 2.89 bits per heavy atom. The summed E-state index contributed by atoms with van der Waals surface area (Å²) in [6, 6.07) is 5.53. The molecule has 0 amide bonds. The smallest absolute Gasteiger partial charge is 0.305 e. The Bertz CT molecular complexity index is 797. The first-order valence-corrected chi connectivity index (χ1v) is 8.95. The van der Waals surface area contributed by atoms with Gasteiger partial charge in [-0.05, 0) is 44.0 Å². The molecule has 1 aromatic carbocycles. The van der Waals surface area contributed by atoms with Crippen molar-refractivity contribution in [3.05, 3.63) is 54.4 Å². The Kier molecular flexibility index (Phi) is 7.34. The van der Waals surface area contributed by atoms with Gasteiger partial charge in [-0.2, -0.15) is 0 Å². The Balaban J connectivity index is 2.18. The molecular formula is C21H26FN3O2. The lowest BCUT2D eigenvalue weighted by Gasteiger charge is -2.32. The van der Waals surface area contributed by atoms with Crippen molar-refractivity contribution in [3.63, 3.8) is 0 Å². The van der Waals surface area contributed by atoms with E-state index in [1.807, 2.05) is 23.1 Å². The van der Waals surface area contributed by atoms with Gasteiger partial charge in [0.2, 0.25) is 0 Å². The summed E-state index contributed by atoms with van der Waals surface area (Å²) < 4.78 is 18.0. The second-order valence-electron chi connectivity index (χ2n) is 6.22. The lowest BCUT2D eigenvalue weighted by molar-refractivity contribution is -0.140. The topological polar surface area (TPSA) is 67.9 Å². The van der Waals surface area contributed by atoms with Crippen molar-refractivity contribution in [1.82, 2.24) is 4.90 Å². The minimum atomic E-state index is -0.289. The molecule has 0 aliphatic carbocycles. The number of hydrogen-bond acceptors (Lipinski definition) is 5. The highest BCUT2D eigenvalue weighted by Crippen LogP contribution is 2.35. The molecule has 2 N–H and O–H groups in total. The van der Waals surface area contributed by atoms with Gasteiger partial charge in [-0.15, -0.1) is 0 Å². The van der Waals surface area contributed by atoms with Crippen molar-refractivity contribution in [2.24, 2.45) is 4.99 Å². The zero-order valence-electron chi connectivity index (χ0n) is 15.9. The second-order valence-corrected chi connectivity index (χ2v) is 6.22. The number of aliphatic imine (C=N–C) groups is 1. The van der Waals surface area contributed by atoms with Gasteiger partial charge in [-0.1, -0.05) is 18.7 Å². The van der Waals surface area contributed by atoms with Crippen LogP contribution in [0.15, 0.2) is 53.8 Å². The predicted octanol–water partition coefficient (Wildman–Crippen LogP) is 4.75. The van der Waals surface area contributed by atoms with Crippen molar-refractivity contribution in [1.29, 1.82) is 0 Å².